The van der Waals surface area contributed by atoms with Gasteiger partial charge in [0, 0.05) is 0 Å². The second kappa shape index (κ2) is 6.99. The summed E-state index contributed by atoms with van der Waals surface area (Å²) in [4.78, 5) is 0. The Labute approximate surface area is 130 Å². The van der Waals surface area contributed by atoms with Gasteiger partial charge in [0.15, 0.2) is 0 Å². The van der Waals surface area contributed by atoms with E-state index < -0.39 is 11.7 Å². The molecule has 0 aliphatic rings. The summed E-state index contributed by atoms with van der Waals surface area (Å²) in [5, 5.41) is 0. The van der Waals surface area contributed by atoms with Crippen LogP contribution in [0.5, 0.6) is 0 Å². The van der Waals surface area contributed by atoms with Crippen molar-refractivity contribution in [3.8, 4) is 11.1 Å². The van der Waals surface area contributed by atoms with Crippen LogP contribution in [0.25, 0.3) is 11.1 Å². The number of rotatable bonds is 5. The minimum atomic E-state index is -4.29. The van der Waals surface area contributed by atoms with Crippen LogP contribution < -0.4 is 0 Å². The van der Waals surface area contributed by atoms with Crippen LogP contribution in [-0.2, 0) is 6.18 Å². The normalized spacial score (nSPS) is 13.1. The Balaban J connectivity index is 2.22. The van der Waals surface area contributed by atoms with Gasteiger partial charge in [0.2, 0.25) is 0 Å². The summed E-state index contributed by atoms with van der Waals surface area (Å²) in [7, 11) is 0. The highest BCUT2D eigenvalue weighted by molar-refractivity contribution is 5.64. The van der Waals surface area contributed by atoms with E-state index >= 15 is 0 Å². The SMILES string of the molecule is [CH2]C(CCCC)c1cccc(-c2ccc(C(F)(F)F)cc2)c1. The molecule has 1 unspecified atom stereocenters. The lowest BCUT2D eigenvalue weighted by Gasteiger charge is -2.13. The highest BCUT2D eigenvalue weighted by Gasteiger charge is 2.29. The van der Waals surface area contributed by atoms with Gasteiger partial charge in [-0.3, -0.25) is 0 Å². The number of unbranched alkanes of at least 4 members (excludes halogenated alkanes) is 1. The molecule has 0 saturated carbocycles. The number of halogens is 3. The van der Waals surface area contributed by atoms with Crippen molar-refractivity contribution in [1.29, 1.82) is 0 Å². The monoisotopic (exact) mass is 305 g/mol. The highest BCUT2D eigenvalue weighted by atomic mass is 19.4. The number of hydrogen-bond acceptors (Lipinski definition) is 0. The largest absolute Gasteiger partial charge is 0.416 e. The number of hydrogen-bond donors (Lipinski definition) is 0. The molecule has 0 nitrogen and oxygen atoms in total. The zero-order chi connectivity index (χ0) is 16.2. The molecule has 0 amide bonds. The zero-order valence-electron chi connectivity index (χ0n) is 12.7. The van der Waals surface area contributed by atoms with Crippen molar-refractivity contribution in [2.24, 2.45) is 0 Å². The Morgan fingerprint density at radius 1 is 1.00 bits per heavy atom. The first-order valence-corrected chi connectivity index (χ1v) is 7.52. The topological polar surface area (TPSA) is 0 Å². The second-order valence-electron chi connectivity index (χ2n) is 5.54. The van der Waals surface area contributed by atoms with Crippen LogP contribution in [0.2, 0.25) is 0 Å². The molecule has 0 fully saturated rings. The van der Waals surface area contributed by atoms with Gasteiger partial charge in [-0.15, -0.1) is 0 Å². The average Bonchev–Trinajstić information content (AvgIpc) is 2.52. The molecule has 0 heterocycles. The third-order valence-electron chi connectivity index (χ3n) is 3.81. The quantitative estimate of drug-likeness (QED) is 0.593. The molecule has 0 aliphatic heterocycles. The van der Waals surface area contributed by atoms with Gasteiger partial charge in [-0.05, 0) is 48.1 Å². The molecule has 1 radical (unpaired) electrons. The Bertz CT molecular complexity index is 597. The number of alkyl halides is 3. The van der Waals surface area contributed by atoms with E-state index in [4.69, 9.17) is 0 Å². The van der Waals surface area contributed by atoms with E-state index in [1.807, 2.05) is 24.3 Å². The van der Waals surface area contributed by atoms with Crippen LogP contribution in [-0.4, -0.2) is 0 Å². The molecule has 0 N–H and O–H groups in total. The second-order valence-corrected chi connectivity index (χ2v) is 5.54. The molecular formula is C19H20F3. The lowest BCUT2D eigenvalue weighted by atomic mass is 9.92. The minimum Gasteiger partial charge on any atom is -0.166 e. The van der Waals surface area contributed by atoms with E-state index in [0.29, 0.717) is 0 Å². The maximum Gasteiger partial charge on any atom is 0.416 e. The van der Waals surface area contributed by atoms with Gasteiger partial charge in [-0.25, -0.2) is 0 Å². The van der Waals surface area contributed by atoms with Crippen molar-refractivity contribution in [1.82, 2.24) is 0 Å². The Morgan fingerprint density at radius 2 is 1.68 bits per heavy atom. The van der Waals surface area contributed by atoms with Crippen molar-refractivity contribution in [3.63, 3.8) is 0 Å². The predicted octanol–water partition coefficient (Wildman–Crippen LogP) is 6.48. The lowest BCUT2D eigenvalue weighted by molar-refractivity contribution is -0.137. The molecular weight excluding hydrogens is 285 g/mol. The van der Waals surface area contributed by atoms with E-state index in [-0.39, 0.29) is 5.92 Å². The van der Waals surface area contributed by atoms with E-state index in [9.17, 15) is 13.2 Å². The van der Waals surface area contributed by atoms with Crippen molar-refractivity contribution in [2.45, 2.75) is 38.3 Å². The van der Waals surface area contributed by atoms with E-state index in [1.54, 1.807) is 0 Å². The fourth-order valence-electron chi connectivity index (χ4n) is 2.44. The van der Waals surface area contributed by atoms with Crippen LogP contribution >= 0.6 is 0 Å². The molecule has 2 aromatic carbocycles. The van der Waals surface area contributed by atoms with E-state index in [2.05, 4.69) is 13.8 Å². The Kier molecular flexibility index (Phi) is 5.28. The van der Waals surface area contributed by atoms with E-state index in [0.717, 1.165) is 48.1 Å². The zero-order valence-corrected chi connectivity index (χ0v) is 12.7. The Hall–Kier alpha value is -1.77. The third-order valence-corrected chi connectivity index (χ3v) is 3.81. The van der Waals surface area contributed by atoms with Gasteiger partial charge >= 0.3 is 6.18 Å². The standard InChI is InChI=1S/C19H20F3/c1-3-4-6-14(2)16-7-5-8-17(13-16)15-9-11-18(12-10-15)19(20,21)22/h5,7-14H,2-4,6H2,1H3. The first kappa shape index (κ1) is 16.6. The molecule has 2 rings (SSSR count). The summed E-state index contributed by atoms with van der Waals surface area (Å²) in [5.41, 5.74) is 2.23. The summed E-state index contributed by atoms with van der Waals surface area (Å²) >= 11 is 0. The van der Waals surface area contributed by atoms with Gasteiger partial charge in [-0.2, -0.15) is 13.2 Å². The average molecular weight is 305 g/mol. The van der Waals surface area contributed by atoms with Gasteiger partial charge < -0.3 is 0 Å². The van der Waals surface area contributed by atoms with Crippen LogP contribution in [0.4, 0.5) is 13.2 Å². The lowest BCUT2D eigenvalue weighted by Crippen LogP contribution is -2.04. The molecule has 117 valence electrons. The van der Waals surface area contributed by atoms with Crippen LogP contribution in [0.15, 0.2) is 48.5 Å². The van der Waals surface area contributed by atoms with Gasteiger partial charge in [-0.1, -0.05) is 56.2 Å². The summed E-state index contributed by atoms with van der Waals surface area (Å²) < 4.78 is 37.8. The number of benzene rings is 2. The van der Waals surface area contributed by atoms with Gasteiger partial charge in [0.25, 0.3) is 0 Å². The third kappa shape index (κ3) is 4.12. The van der Waals surface area contributed by atoms with E-state index in [1.165, 1.54) is 12.1 Å². The Morgan fingerprint density at radius 3 is 2.27 bits per heavy atom. The molecule has 3 heteroatoms. The van der Waals surface area contributed by atoms with Crippen LogP contribution in [0, 0.1) is 6.92 Å². The molecule has 0 bridgehead atoms. The molecule has 0 saturated heterocycles. The fourth-order valence-corrected chi connectivity index (χ4v) is 2.44. The predicted molar refractivity (Wildman–Crippen MR) is 84.5 cm³/mol. The molecule has 0 aliphatic carbocycles. The van der Waals surface area contributed by atoms with Crippen molar-refractivity contribution in [2.75, 3.05) is 0 Å². The van der Waals surface area contributed by atoms with Crippen LogP contribution in [0.3, 0.4) is 0 Å². The molecule has 0 spiro atoms. The highest BCUT2D eigenvalue weighted by Crippen LogP contribution is 2.32. The molecule has 22 heavy (non-hydrogen) atoms. The molecule has 1 atom stereocenters. The first-order valence-electron chi connectivity index (χ1n) is 7.52. The smallest absolute Gasteiger partial charge is 0.166 e. The molecule has 2 aromatic rings. The summed E-state index contributed by atoms with van der Waals surface area (Å²) in [6.45, 7) is 6.32. The fraction of sp³-hybridized carbons (Fsp3) is 0.316. The van der Waals surface area contributed by atoms with Gasteiger partial charge in [0.1, 0.15) is 0 Å². The van der Waals surface area contributed by atoms with Crippen LogP contribution in [0.1, 0.15) is 43.2 Å². The van der Waals surface area contributed by atoms with Crippen molar-refractivity contribution < 1.29 is 13.2 Å². The summed E-state index contributed by atoms with van der Waals surface area (Å²) in [5.74, 6) is 0.217. The van der Waals surface area contributed by atoms with Crippen molar-refractivity contribution in [3.05, 3.63) is 66.6 Å². The summed E-state index contributed by atoms with van der Waals surface area (Å²) in [6.07, 6.45) is -1.02. The van der Waals surface area contributed by atoms with Crippen molar-refractivity contribution >= 4 is 0 Å². The summed E-state index contributed by atoms with van der Waals surface area (Å²) in [6, 6.07) is 13.2. The molecule has 0 aromatic heterocycles. The van der Waals surface area contributed by atoms with Gasteiger partial charge in [0.05, 0.1) is 5.56 Å². The maximum atomic E-state index is 12.6. The maximum absolute atomic E-state index is 12.6. The first-order chi connectivity index (χ1) is 10.4. The minimum absolute atomic E-state index is 0.217.